The number of benzene rings is 1. The number of fused-ring (bicyclic) bond motifs is 1. The van der Waals surface area contributed by atoms with Gasteiger partial charge in [0.25, 0.3) is 0 Å². The SMILES string of the molecule is CC/C(=C\CCc1ccc2c(c1)OCO2)CCC(C)(C)O. The Morgan fingerprint density at radius 1 is 1.29 bits per heavy atom. The lowest BCUT2D eigenvalue weighted by molar-refractivity contribution is 0.0712. The van der Waals surface area contributed by atoms with E-state index in [9.17, 15) is 5.11 Å². The quantitative estimate of drug-likeness (QED) is 0.764. The Kier molecular flexibility index (Phi) is 5.29. The van der Waals surface area contributed by atoms with Gasteiger partial charge in [-0.25, -0.2) is 0 Å². The van der Waals surface area contributed by atoms with E-state index >= 15 is 0 Å². The van der Waals surface area contributed by atoms with Crippen molar-refractivity contribution in [2.75, 3.05) is 6.79 Å². The van der Waals surface area contributed by atoms with Crippen LogP contribution in [0.3, 0.4) is 0 Å². The first-order chi connectivity index (χ1) is 9.98. The van der Waals surface area contributed by atoms with Crippen LogP contribution in [0.5, 0.6) is 11.5 Å². The van der Waals surface area contributed by atoms with Gasteiger partial charge >= 0.3 is 0 Å². The van der Waals surface area contributed by atoms with Crippen molar-refractivity contribution in [3.05, 3.63) is 35.4 Å². The van der Waals surface area contributed by atoms with Crippen LogP contribution in [-0.2, 0) is 6.42 Å². The molecule has 116 valence electrons. The molecule has 0 aliphatic carbocycles. The Hall–Kier alpha value is -1.48. The van der Waals surface area contributed by atoms with Crippen LogP contribution in [0, 0.1) is 0 Å². The summed E-state index contributed by atoms with van der Waals surface area (Å²) in [6.45, 7) is 6.24. The van der Waals surface area contributed by atoms with Crippen LogP contribution in [-0.4, -0.2) is 17.5 Å². The summed E-state index contributed by atoms with van der Waals surface area (Å²) >= 11 is 0. The van der Waals surface area contributed by atoms with Crippen LogP contribution in [0.1, 0.15) is 52.0 Å². The van der Waals surface area contributed by atoms with Gasteiger partial charge in [0.05, 0.1) is 5.60 Å². The van der Waals surface area contributed by atoms with Crippen molar-refractivity contribution in [3.63, 3.8) is 0 Å². The van der Waals surface area contributed by atoms with Gasteiger partial charge in [-0.3, -0.25) is 0 Å². The highest BCUT2D eigenvalue weighted by Crippen LogP contribution is 2.32. The van der Waals surface area contributed by atoms with Crippen molar-refractivity contribution in [1.82, 2.24) is 0 Å². The van der Waals surface area contributed by atoms with Gasteiger partial charge in [0.15, 0.2) is 11.5 Å². The Bertz CT molecular complexity index is 498. The number of aliphatic hydroxyl groups is 1. The molecular formula is C18H26O3. The molecule has 1 aromatic carbocycles. The Labute approximate surface area is 127 Å². The summed E-state index contributed by atoms with van der Waals surface area (Å²) in [6, 6.07) is 6.15. The molecule has 0 atom stereocenters. The van der Waals surface area contributed by atoms with Crippen LogP contribution < -0.4 is 9.47 Å². The summed E-state index contributed by atoms with van der Waals surface area (Å²) in [5.41, 5.74) is 2.12. The third kappa shape index (κ3) is 5.09. The molecule has 3 heteroatoms. The number of hydrogen-bond donors (Lipinski definition) is 1. The third-order valence-electron chi connectivity index (χ3n) is 3.82. The van der Waals surface area contributed by atoms with Crippen molar-refractivity contribution in [2.45, 2.75) is 58.5 Å². The van der Waals surface area contributed by atoms with Gasteiger partial charge < -0.3 is 14.6 Å². The predicted octanol–water partition coefficient (Wildman–Crippen LogP) is 4.24. The third-order valence-corrected chi connectivity index (χ3v) is 3.82. The van der Waals surface area contributed by atoms with Crippen LogP contribution in [0.15, 0.2) is 29.8 Å². The topological polar surface area (TPSA) is 38.7 Å². The maximum Gasteiger partial charge on any atom is 0.231 e. The smallest absolute Gasteiger partial charge is 0.231 e. The minimum Gasteiger partial charge on any atom is -0.454 e. The fourth-order valence-corrected chi connectivity index (χ4v) is 2.43. The molecule has 0 amide bonds. The van der Waals surface area contributed by atoms with E-state index in [0.717, 1.165) is 43.6 Å². The maximum absolute atomic E-state index is 9.80. The molecule has 0 spiro atoms. The minimum absolute atomic E-state index is 0.329. The summed E-state index contributed by atoms with van der Waals surface area (Å²) in [5.74, 6) is 1.70. The molecule has 1 aliphatic heterocycles. The van der Waals surface area contributed by atoms with E-state index in [1.165, 1.54) is 11.1 Å². The molecule has 0 saturated heterocycles. The molecule has 2 rings (SSSR count). The molecule has 1 aromatic rings. The van der Waals surface area contributed by atoms with Gasteiger partial charge in [-0.05, 0) is 63.6 Å². The summed E-state index contributed by atoms with van der Waals surface area (Å²) in [4.78, 5) is 0. The second-order valence-corrected chi connectivity index (χ2v) is 6.25. The molecule has 0 radical (unpaired) electrons. The average molecular weight is 290 g/mol. The van der Waals surface area contributed by atoms with Crippen molar-refractivity contribution >= 4 is 0 Å². The first-order valence-corrected chi connectivity index (χ1v) is 7.77. The number of aryl methyl sites for hydroxylation is 1. The second-order valence-electron chi connectivity index (χ2n) is 6.25. The van der Waals surface area contributed by atoms with Crippen LogP contribution in [0.4, 0.5) is 0 Å². The van der Waals surface area contributed by atoms with Crippen molar-refractivity contribution in [2.24, 2.45) is 0 Å². The highest BCUT2D eigenvalue weighted by molar-refractivity contribution is 5.44. The van der Waals surface area contributed by atoms with Crippen molar-refractivity contribution in [3.8, 4) is 11.5 Å². The molecule has 21 heavy (non-hydrogen) atoms. The molecular weight excluding hydrogens is 264 g/mol. The molecule has 1 heterocycles. The zero-order chi connectivity index (χ0) is 15.3. The van der Waals surface area contributed by atoms with Crippen molar-refractivity contribution < 1.29 is 14.6 Å². The molecule has 3 nitrogen and oxygen atoms in total. The van der Waals surface area contributed by atoms with Gasteiger partial charge in [0.2, 0.25) is 6.79 Å². The normalized spacial score (nSPS) is 14.6. The molecule has 0 fully saturated rings. The average Bonchev–Trinajstić information content (AvgIpc) is 2.89. The highest BCUT2D eigenvalue weighted by atomic mass is 16.7. The monoisotopic (exact) mass is 290 g/mol. The standard InChI is InChI=1S/C18H26O3/c1-4-14(10-11-18(2,3)19)6-5-7-15-8-9-16-17(12-15)21-13-20-16/h6,8-9,12,19H,4-5,7,10-11,13H2,1-3H3/b14-6+. The molecule has 0 saturated carbocycles. The van der Waals surface area contributed by atoms with Gasteiger partial charge in [-0.1, -0.05) is 24.6 Å². The lowest BCUT2D eigenvalue weighted by Gasteiger charge is -2.17. The number of allylic oxidation sites excluding steroid dienone is 2. The molecule has 0 unspecified atom stereocenters. The summed E-state index contributed by atoms with van der Waals surface area (Å²) in [7, 11) is 0. The van der Waals surface area contributed by atoms with Gasteiger partial charge in [-0.2, -0.15) is 0 Å². The Morgan fingerprint density at radius 2 is 2.05 bits per heavy atom. The van der Waals surface area contributed by atoms with E-state index in [-0.39, 0.29) is 0 Å². The first-order valence-electron chi connectivity index (χ1n) is 7.77. The summed E-state index contributed by atoms with van der Waals surface area (Å²) < 4.78 is 10.7. The van der Waals surface area contributed by atoms with Crippen molar-refractivity contribution in [1.29, 1.82) is 0 Å². The zero-order valence-electron chi connectivity index (χ0n) is 13.3. The maximum atomic E-state index is 9.80. The van der Waals surface area contributed by atoms with Gasteiger partial charge in [0.1, 0.15) is 0 Å². The summed E-state index contributed by atoms with van der Waals surface area (Å²) in [5, 5.41) is 9.80. The minimum atomic E-state index is -0.578. The van der Waals surface area contributed by atoms with E-state index in [1.54, 1.807) is 0 Å². The van der Waals surface area contributed by atoms with E-state index < -0.39 is 5.60 Å². The van der Waals surface area contributed by atoms with Crippen LogP contribution in [0.25, 0.3) is 0 Å². The molecule has 1 aliphatic rings. The van der Waals surface area contributed by atoms with Gasteiger partial charge in [-0.15, -0.1) is 0 Å². The predicted molar refractivity (Wildman–Crippen MR) is 84.8 cm³/mol. The van der Waals surface area contributed by atoms with E-state index in [4.69, 9.17) is 9.47 Å². The fourth-order valence-electron chi connectivity index (χ4n) is 2.43. The molecule has 0 aromatic heterocycles. The lowest BCUT2D eigenvalue weighted by atomic mass is 9.96. The Morgan fingerprint density at radius 3 is 2.76 bits per heavy atom. The Balaban J connectivity index is 1.85. The second kappa shape index (κ2) is 6.99. The molecule has 1 N–H and O–H groups in total. The van der Waals surface area contributed by atoms with E-state index in [2.05, 4.69) is 25.1 Å². The van der Waals surface area contributed by atoms with E-state index in [1.807, 2.05) is 19.9 Å². The number of hydrogen-bond acceptors (Lipinski definition) is 3. The fraction of sp³-hybridized carbons (Fsp3) is 0.556. The number of ether oxygens (including phenoxy) is 2. The van der Waals surface area contributed by atoms with E-state index in [0.29, 0.717) is 6.79 Å². The van der Waals surface area contributed by atoms with Crippen LogP contribution in [0.2, 0.25) is 0 Å². The largest absolute Gasteiger partial charge is 0.454 e. The number of rotatable bonds is 7. The highest BCUT2D eigenvalue weighted by Gasteiger charge is 2.13. The van der Waals surface area contributed by atoms with Gasteiger partial charge in [0, 0.05) is 0 Å². The molecule has 0 bridgehead atoms. The van der Waals surface area contributed by atoms with Crippen LogP contribution >= 0.6 is 0 Å². The lowest BCUT2D eigenvalue weighted by Crippen LogP contribution is -2.18. The first kappa shape index (κ1) is 15.9. The zero-order valence-corrected chi connectivity index (χ0v) is 13.3. The summed E-state index contributed by atoms with van der Waals surface area (Å²) in [6.07, 6.45) is 7.18.